The second-order valence-electron chi connectivity index (χ2n) is 4.03. The summed E-state index contributed by atoms with van der Waals surface area (Å²) in [6.07, 6.45) is -3.32. The molecule has 0 aliphatic rings. The van der Waals surface area contributed by atoms with Crippen molar-refractivity contribution in [2.24, 2.45) is 0 Å². The molecule has 1 aromatic carbocycles. The van der Waals surface area contributed by atoms with Crippen molar-refractivity contribution in [3.63, 3.8) is 0 Å². The van der Waals surface area contributed by atoms with Crippen LogP contribution in [-0.4, -0.2) is 47.6 Å². The van der Waals surface area contributed by atoms with Crippen molar-refractivity contribution < 1.29 is 34.4 Å². The number of carbonyl (C=O) groups excluding carboxylic acids is 1. The minimum atomic E-state index is -1.47. The molecule has 20 heavy (non-hydrogen) atoms. The zero-order chi connectivity index (χ0) is 15.3. The molecule has 0 aromatic heterocycles. The van der Waals surface area contributed by atoms with Crippen molar-refractivity contribution in [1.82, 2.24) is 0 Å². The van der Waals surface area contributed by atoms with Crippen molar-refractivity contribution in [3.8, 4) is 5.75 Å². The summed E-state index contributed by atoms with van der Waals surface area (Å²) < 4.78 is 9.36. The number of aliphatic hydroxyl groups excluding tert-OH is 2. The van der Waals surface area contributed by atoms with Gasteiger partial charge in [-0.25, -0.2) is 4.79 Å². The molecule has 3 N–H and O–H groups in total. The molecular formula is C13H16O7. The minimum absolute atomic E-state index is 0.0589. The van der Waals surface area contributed by atoms with Gasteiger partial charge in [0.1, 0.15) is 17.4 Å². The largest absolute Gasteiger partial charge is 0.495 e. The van der Waals surface area contributed by atoms with E-state index in [0.29, 0.717) is 0 Å². The lowest BCUT2D eigenvalue weighted by molar-refractivity contribution is -0.144. The molecule has 0 fully saturated rings. The molecule has 0 aliphatic heterocycles. The molecule has 0 saturated carbocycles. The fraction of sp³-hybridized carbons (Fsp3) is 0.385. The molecular weight excluding hydrogens is 268 g/mol. The van der Waals surface area contributed by atoms with Gasteiger partial charge in [0.15, 0.2) is 0 Å². The first-order chi connectivity index (χ1) is 9.42. The summed E-state index contributed by atoms with van der Waals surface area (Å²) in [6.45, 7) is 0. The van der Waals surface area contributed by atoms with Crippen molar-refractivity contribution in [2.75, 3.05) is 14.2 Å². The highest BCUT2D eigenvalue weighted by Crippen LogP contribution is 2.31. The number of esters is 1. The number of aliphatic hydroxyl groups is 2. The summed E-state index contributed by atoms with van der Waals surface area (Å²) in [5.74, 6) is -1.97. The molecule has 7 nitrogen and oxygen atoms in total. The molecule has 1 aromatic rings. The van der Waals surface area contributed by atoms with Gasteiger partial charge in [0.25, 0.3) is 0 Å². The van der Waals surface area contributed by atoms with Gasteiger partial charge in [-0.2, -0.15) is 0 Å². The molecule has 0 radical (unpaired) electrons. The lowest BCUT2D eigenvalue weighted by atomic mass is 9.98. The molecule has 0 heterocycles. The van der Waals surface area contributed by atoms with E-state index < -0.39 is 30.6 Å². The average Bonchev–Trinajstić information content (AvgIpc) is 2.44. The highest BCUT2D eigenvalue weighted by atomic mass is 16.5. The van der Waals surface area contributed by atoms with E-state index in [0.717, 1.165) is 7.11 Å². The normalized spacial score (nSPS) is 13.4. The highest BCUT2D eigenvalue weighted by molar-refractivity contribution is 5.91. The van der Waals surface area contributed by atoms with Crippen LogP contribution in [0.25, 0.3) is 0 Å². The summed E-state index contributed by atoms with van der Waals surface area (Å²) >= 11 is 0. The van der Waals surface area contributed by atoms with Crippen LogP contribution in [0.5, 0.6) is 5.75 Å². The summed E-state index contributed by atoms with van der Waals surface area (Å²) in [7, 11) is 2.41. The molecule has 2 atom stereocenters. The summed E-state index contributed by atoms with van der Waals surface area (Å²) in [6, 6.07) is 4.13. The molecule has 110 valence electrons. The van der Waals surface area contributed by atoms with Crippen LogP contribution in [0, 0.1) is 0 Å². The predicted octanol–water partition coefficient (Wildman–Crippen LogP) is 0.351. The Morgan fingerprint density at radius 3 is 2.40 bits per heavy atom. The van der Waals surface area contributed by atoms with Crippen LogP contribution >= 0.6 is 0 Å². The molecule has 7 heteroatoms. The number of hydrogen-bond acceptors (Lipinski definition) is 6. The van der Waals surface area contributed by atoms with Crippen LogP contribution in [0.2, 0.25) is 0 Å². The third-order valence-electron chi connectivity index (χ3n) is 2.77. The number of carboxylic acids is 1. The lowest BCUT2D eigenvalue weighted by Crippen LogP contribution is -2.23. The van der Waals surface area contributed by atoms with Crippen molar-refractivity contribution in [2.45, 2.75) is 18.6 Å². The predicted molar refractivity (Wildman–Crippen MR) is 67.6 cm³/mol. The van der Waals surface area contributed by atoms with E-state index >= 15 is 0 Å². The van der Waals surface area contributed by atoms with E-state index in [2.05, 4.69) is 4.74 Å². The van der Waals surface area contributed by atoms with Gasteiger partial charge < -0.3 is 24.8 Å². The number of benzene rings is 1. The van der Waals surface area contributed by atoms with Gasteiger partial charge in [0.05, 0.1) is 26.7 Å². The Labute approximate surface area is 115 Å². The Bertz CT molecular complexity index is 497. The SMILES string of the molecule is COC(=O)CC(O)C(O)c1cccc(C(=O)O)c1OC. The summed E-state index contributed by atoms with van der Waals surface area (Å²) in [4.78, 5) is 22.1. The number of carboxylic acid groups (broad SMARTS) is 1. The number of hydrogen-bond donors (Lipinski definition) is 3. The second-order valence-corrected chi connectivity index (χ2v) is 4.03. The highest BCUT2D eigenvalue weighted by Gasteiger charge is 2.26. The fourth-order valence-electron chi connectivity index (χ4n) is 1.76. The van der Waals surface area contributed by atoms with Crippen molar-refractivity contribution >= 4 is 11.9 Å². The van der Waals surface area contributed by atoms with E-state index in [4.69, 9.17) is 9.84 Å². The first-order valence-corrected chi connectivity index (χ1v) is 5.75. The van der Waals surface area contributed by atoms with E-state index in [9.17, 15) is 19.8 Å². The number of rotatable bonds is 6. The topological polar surface area (TPSA) is 113 Å². The Morgan fingerprint density at radius 1 is 1.25 bits per heavy atom. The number of para-hydroxylation sites is 1. The fourth-order valence-corrected chi connectivity index (χ4v) is 1.76. The van der Waals surface area contributed by atoms with Gasteiger partial charge in [-0.05, 0) is 6.07 Å². The van der Waals surface area contributed by atoms with Crippen LogP contribution in [0.4, 0.5) is 0 Å². The molecule has 0 amide bonds. The van der Waals surface area contributed by atoms with Gasteiger partial charge in [-0.15, -0.1) is 0 Å². The zero-order valence-corrected chi connectivity index (χ0v) is 11.1. The Hall–Kier alpha value is -2.12. The third kappa shape index (κ3) is 3.46. The van der Waals surface area contributed by atoms with Crippen molar-refractivity contribution in [1.29, 1.82) is 0 Å². The Kier molecular flexibility index (Phi) is 5.48. The monoisotopic (exact) mass is 284 g/mol. The van der Waals surface area contributed by atoms with E-state index in [1.165, 1.54) is 25.3 Å². The Balaban J connectivity index is 3.09. The van der Waals surface area contributed by atoms with Crippen LogP contribution < -0.4 is 4.74 Å². The number of ether oxygens (including phenoxy) is 2. The number of carbonyl (C=O) groups is 2. The quantitative estimate of drug-likeness (QED) is 0.646. The van der Waals surface area contributed by atoms with E-state index in [1.807, 2.05) is 0 Å². The van der Waals surface area contributed by atoms with Crippen molar-refractivity contribution in [3.05, 3.63) is 29.3 Å². The maximum absolute atomic E-state index is 11.1. The lowest BCUT2D eigenvalue weighted by Gasteiger charge is -2.20. The first kappa shape index (κ1) is 15.9. The summed E-state index contributed by atoms with van der Waals surface area (Å²) in [5.41, 5.74) is -0.0573. The zero-order valence-electron chi connectivity index (χ0n) is 11.1. The molecule has 0 aliphatic carbocycles. The average molecular weight is 284 g/mol. The molecule has 1 rings (SSSR count). The van der Waals surface area contributed by atoms with Gasteiger partial charge in [-0.3, -0.25) is 4.79 Å². The van der Waals surface area contributed by atoms with Crippen LogP contribution in [0.1, 0.15) is 28.4 Å². The van der Waals surface area contributed by atoms with Gasteiger partial charge in [0.2, 0.25) is 0 Å². The second kappa shape index (κ2) is 6.88. The first-order valence-electron chi connectivity index (χ1n) is 5.75. The number of methoxy groups -OCH3 is 2. The van der Waals surface area contributed by atoms with Gasteiger partial charge >= 0.3 is 11.9 Å². The van der Waals surface area contributed by atoms with Crippen LogP contribution in [0.3, 0.4) is 0 Å². The van der Waals surface area contributed by atoms with Crippen LogP contribution in [-0.2, 0) is 9.53 Å². The minimum Gasteiger partial charge on any atom is -0.495 e. The maximum atomic E-state index is 11.1. The summed E-state index contributed by atoms with van der Waals surface area (Å²) in [5, 5.41) is 28.8. The maximum Gasteiger partial charge on any atom is 0.339 e. The molecule has 2 unspecified atom stereocenters. The number of aromatic carboxylic acids is 1. The molecule has 0 spiro atoms. The van der Waals surface area contributed by atoms with Gasteiger partial charge in [0, 0.05) is 5.56 Å². The standard InChI is InChI=1S/C13H16O7/c1-19-10(15)6-9(14)11(16)7-4-3-5-8(13(17)18)12(7)20-2/h3-5,9,11,14,16H,6H2,1-2H3,(H,17,18). The third-order valence-corrected chi connectivity index (χ3v) is 2.77. The Morgan fingerprint density at radius 2 is 1.90 bits per heavy atom. The molecule has 0 bridgehead atoms. The van der Waals surface area contributed by atoms with E-state index in [-0.39, 0.29) is 16.9 Å². The van der Waals surface area contributed by atoms with E-state index in [1.54, 1.807) is 0 Å². The van der Waals surface area contributed by atoms with Crippen LogP contribution in [0.15, 0.2) is 18.2 Å². The smallest absolute Gasteiger partial charge is 0.339 e. The van der Waals surface area contributed by atoms with Gasteiger partial charge in [-0.1, -0.05) is 12.1 Å². The molecule has 0 saturated heterocycles.